The Morgan fingerprint density at radius 3 is 2.90 bits per heavy atom. The molecule has 3 aliphatic rings. The summed E-state index contributed by atoms with van der Waals surface area (Å²) in [4.78, 5) is 2.06. The lowest BCUT2D eigenvalue weighted by Crippen LogP contribution is -2.47. The van der Waals surface area contributed by atoms with Crippen LogP contribution in [0.15, 0.2) is 4.63 Å². The number of aromatic nitrogens is 2. The van der Waals surface area contributed by atoms with Crippen LogP contribution in [-0.4, -0.2) is 63.2 Å². The highest BCUT2D eigenvalue weighted by Gasteiger charge is 2.57. The van der Waals surface area contributed by atoms with Crippen LogP contribution in [0, 0.1) is 5.21 Å². The van der Waals surface area contributed by atoms with E-state index in [-0.39, 0.29) is 6.17 Å². The smallest absolute Gasteiger partial charge is 0.223 e. The van der Waals surface area contributed by atoms with Gasteiger partial charge in [0.25, 0.3) is 0 Å². The molecule has 4 rings (SSSR count). The summed E-state index contributed by atoms with van der Waals surface area (Å²) in [6.07, 6.45) is 1.04. The number of aryl methyl sites for hydroxylation is 1. The van der Waals surface area contributed by atoms with Crippen molar-refractivity contribution in [1.29, 1.82) is 0 Å². The average Bonchev–Trinajstić information content (AvgIpc) is 3.04. The van der Waals surface area contributed by atoms with E-state index in [1.807, 2.05) is 0 Å². The van der Waals surface area contributed by atoms with E-state index in [0.717, 1.165) is 4.74 Å². The minimum Gasteiger partial charge on any atom is -0.623 e. The van der Waals surface area contributed by atoms with Crippen molar-refractivity contribution in [2.75, 3.05) is 26.3 Å². The molecule has 108 valence electrons. The van der Waals surface area contributed by atoms with Crippen molar-refractivity contribution in [3.8, 4) is 0 Å². The summed E-state index contributed by atoms with van der Waals surface area (Å²) in [5, 5.41) is 31.1. The van der Waals surface area contributed by atoms with Crippen LogP contribution < -0.4 is 0 Å². The molecule has 8 nitrogen and oxygen atoms in total. The van der Waals surface area contributed by atoms with Gasteiger partial charge < -0.3 is 15.1 Å². The molecule has 1 N–H and O–H groups in total. The standard InChI is InChI=1S/C12H16N4O4/c17-12-7-10(15-3-5-19-6-4-15)16(18)9(12)2-1-8-11(12)14-20-13-8/h10,17H,1-7H2/t10-,12-/m1/s1. The number of morpholine rings is 1. The highest BCUT2D eigenvalue weighted by molar-refractivity contribution is 5.91. The van der Waals surface area contributed by atoms with Crippen LogP contribution >= 0.6 is 0 Å². The molecule has 1 fully saturated rings. The lowest BCUT2D eigenvalue weighted by Gasteiger charge is -2.30. The lowest BCUT2D eigenvalue weighted by atomic mass is 9.82. The molecular weight excluding hydrogens is 264 g/mol. The van der Waals surface area contributed by atoms with Gasteiger partial charge in [0.1, 0.15) is 5.69 Å². The number of ether oxygens (including phenoxy) is 1. The van der Waals surface area contributed by atoms with Crippen LogP contribution in [0.3, 0.4) is 0 Å². The molecule has 1 saturated heterocycles. The molecule has 1 aromatic rings. The number of hydrogen-bond acceptors (Lipinski definition) is 7. The molecule has 2 aliphatic heterocycles. The van der Waals surface area contributed by atoms with Crippen LogP contribution in [0.1, 0.15) is 24.2 Å². The Morgan fingerprint density at radius 2 is 2.10 bits per heavy atom. The van der Waals surface area contributed by atoms with E-state index in [9.17, 15) is 10.3 Å². The van der Waals surface area contributed by atoms with Gasteiger partial charge in [-0.15, -0.1) is 0 Å². The SMILES string of the molecule is [O-][N+]1=C2CCc3nonc3[C@@]2(O)C[C@@H]1N1CCOCC1. The molecule has 0 unspecified atom stereocenters. The zero-order valence-corrected chi connectivity index (χ0v) is 11.0. The number of aliphatic hydroxyl groups is 1. The van der Waals surface area contributed by atoms with Crippen molar-refractivity contribution in [2.45, 2.75) is 31.0 Å². The summed E-state index contributed by atoms with van der Waals surface area (Å²) in [6, 6.07) is 0. The zero-order chi connectivity index (χ0) is 13.7. The summed E-state index contributed by atoms with van der Waals surface area (Å²) in [7, 11) is 0. The zero-order valence-electron chi connectivity index (χ0n) is 11.0. The van der Waals surface area contributed by atoms with Gasteiger partial charge in [-0.3, -0.25) is 0 Å². The fourth-order valence-corrected chi connectivity index (χ4v) is 3.45. The third-order valence-corrected chi connectivity index (χ3v) is 4.51. The number of nitrogens with zero attached hydrogens (tertiary/aromatic N) is 4. The average molecular weight is 280 g/mol. The Hall–Kier alpha value is -1.51. The van der Waals surface area contributed by atoms with E-state index in [4.69, 9.17) is 9.37 Å². The van der Waals surface area contributed by atoms with E-state index in [0.29, 0.717) is 62.7 Å². The van der Waals surface area contributed by atoms with Crippen molar-refractivity contribution >= 4 is 5.71 Å². The molecule has 8 heteroatoms. The Labute approximate surface area is 115 Å². The molecule has 0 spiro atoms. The van der Waals surface area contributed by atoms with E-state index in [1.165, 1.54) is 0 Å². The molecule has 1 aliphatic carbocycles. The third-order valence-electron chi connectivity index (χ3n) is 4.51. The van der Waals surface area contributed by atoms with E-state index in [2.05, 4.69) is 15.2 Å². The topological polar surface area (TPSA) is 97.7 Å². The van der Waals surface area contributed by atoms with Gasteiger partial charge in [-0.05, 0) is 0 Å². The fraction of sp³-hybridized carbons (Fsp3) is 0.750. The van der Waals surface area contributed by atoms with Gasteiger partial charge in [0.05, 0.1) is 19.6 Å². The van der Waals surface area contributed by atoms with Gasteiger partial charge in [-0.1, -0.05) is 10.3 Å². The number of hydroxylamine groups is 1. The molecule has 1 aromatic heterocycles. The molecule has 20 heavy (non-hydrogen) atoms. The number of hydrogen-bond donors (Lipinski definition) is 1. The maximum atomic E-state index is 12.5. The van der Waals surface area contributed by atoms with Crippen LogP contribution in [0.25, 0.3) is 0 Å². The molecular formula is C12H16N4O4. The van der Waals surface area contributed by atoms with Gasteiger partial charge in [0, 0.05) is 25.9 Å². The van der Waals surface area contributed by atoms with Crippen molar-refractivity contribution in [3.05, 3.63) is 16.6 Å². The highest BCUT2D eigenvalue weighted by Crippen LogP contribution is 2.40. The summed E-state index contributed by atoms with van der Waals surface area (Å²) in [6.45, 7) is 2.65. The Morgan fingerprint density at radius 1 is 1.30 bits per heavy atom. The second-order valence-electron chi connectivity index (χ2n) is 5.53. The highest BCUT2D eigenvalue weighted by atomic mass is 16.6. The fourth-order valence-electron chi connectivity index (χ4n) is 3.45. The molecule has 0 radical (unpaired) electrons. The van der Waals surface area contributed by atoms with Gasteiger partial charge in [0.15, 0.2) is 5.69 Å². The minimum atomic E-state index is -1.32. The van der Waals surface area contributed by atoms with E-state index in [1.54, 1.807) is 0 Å². The molecule has 3 heterocycles. The summed E-state index contributed by atoms with van der Waals surface area (Å²) >= 11 is 0. The lowest BCUT2D eigenvalue weighted by molar-refractivity contribution is -0.524. The predicted molar refractivity (Wildman–Crippen MR) is 65.9 cm³/mol. The summed E-state index contributed by atoms with van der Waals surface area (Å²) < 4.78 is 11.0. The molecule has 2 atom stereocenters. The molecule has 0 bridgehead atoms. The van der Waals surface area contributed by atoms with E-state index < -0.39 is 5.60 Å². The van der Waals surface area contributed by atoms with E-state index >= 15 is 0 Å². The first-order valence-electron chi connectivity index (χ1n) is 6.89. The minimum absolute atomic E-state index is 0.313. The Kier molecular flexibility index (Phi) is 2.60. The van der Waals surface area contributed by atoms with Crippen molar-refractivity contribution in [1.82, 2.24) is 15.2 Å². The predicted octanol–water partition coefficient (Wildman–Crippen LogP) is -0.783. The summed E-state index contributed by atoms with van der Waals surface area (Å²) in [5.74, 6) is 0. The number of fused-ring (bicyclic) bond motifs is 3. The number of rotatable bonds is 1. The van der Waals surface area contributed by atoms with Crippen LogP contribution in [0.4, 0.5) is 0 Å². The van der Waals surface area contributed by atoms with Crippen molar-refractivity contribution in [2.24, 2.45) is 0 Å². The normalized spacial score (nSPS) is 34.1. The second-order valence-corrected chi connectivity index (χ2v) is 5.53. The second kappa shape index (κ2) is 4.24. The largest absolute Gasteiger partial charge is 0.623 e. The first kappa shape index (κ1) is 12.2. The van der Waals surface area contributed by atoms with Gasteiger partial charge >= 0.3 is 0 Å². The summed E-state index contributed by atoms with van der Waals surface area (Å²) in [5.41, 5.74) is 0.234. The third kappa shape index (κ3) is 1.55. The Balaban J connectivity index is 1.71. The van der Waals surface area contributed by atoms with Crippen LogP contribution in [0.2, 0.25) is 0 Å². The van der Waals surface area contributed by atoms with Gasteiger partial charge in [0.2, 0.25) is 17.5 Å². The van der Waals surface area contributed by atoms with Crippen LogP contribution in [-0.2, 0) is 16.8 Å². The molecule has 0 aromatic carbocycles. The Bertz CT molecular complexity index is 566. The van der Waals surface area contributed by atoms with Gasteiger partial charge in [-0.2, -0.15) is 4.74 Å². The maximum absolute atomic E-state index is 12.5. The maximum Gasteiger partial charge on any atom is 0.223 e. The van der Waals surface area contributed by atoms with Gasteiger partial charge in [-0.25, -0.2) is 9.53 Å². The molecule has 0 amide bonds. The first-order valence-corrected chi connectivity index (χ1v) is 6.89. The van der Waals surface area contributed by atoms with Crippen molar-refractivity contribution in [3.63, 3.8) is 0 Å². The molecule has 0 saturated carbocycles. The van der Waals surface area contributed by atoms with Crippen molar-refractivity contribution < 1.29 is 19.2 Å². The quantitative estimate of drug-likeness (QED) is 0.532. The van der Waals surface area contributed by atoms with Crippen LogP contribution in [0.5, 0.6) is 0 Å². The first-order chi connectivity index (χ1) is 9.70. The monoisotopic (exact) mass is 280 g/mol.